The minimum absolute atomic E-state index is 0.134. The van der Waals surface area contributed by atoms with E-state index in [1.807, 2.05) is 6.92 Å². The number of hydrogen-bond acceptors (Lipinski definition) is 3. The molecule has 1 rings (SSSR count). The van der Waals surface area contributed by atoms with Crippen LogP contribution in [0.15, 0.2) is 4.99 Å². The van der Waals surface area contributed by atoms with E-state index in [2.05, 4.69) is 4.99 Å². The van der Waals surface area contributed by atoms with Gasteiger partial charge < -0.3 is 0 Å². The van der Waals surface area contributed by atoms with E-state index in [-0.39, 0.29) is 10.5 Å². The van der Waals surface area contributed by atoms with Crippen LogP contribution in [0, 0.1) is 0 Å². The molecule has 0 spiro atoms. The molecule has 50 valence electrons. The SMILES string of the molecule is CC1SC(=O)N=C1SCl. The summed E-state index contributed by atoms with van der Waals surface area (Å²) < 4.78 is 0. The van der Waals surface area contributed by atoms with Gasteiger partial charge in [0.05, 0.1) is 5.25 Å². The van der Waals surface area contributed by atoms with Crippen molar-refractivity contribution in [2.24, 2.45) is 4.99 Å². The van der Waals surface area contributed by atoms with Crippen molar-refractivity contribution in [2.45, 2.75) is 12.2 Å². The first-order valence-corrected chi connectivity index (χ1v) is 4.84. The van der Waals surface area contributed by atoms with E-state index in [0.29, 0.717) is 5.04 Å². The molecule has 1 aliphatic heterocycles. The summed E-state index contributed by atoms with van der Waals surface area (Å²) in [6.07, 6.45) is 0. The topological polar surface area (TPSA) is 29.4 Å². The van der Waals surface area contributed by atoms with Gasteiger partial charge in [-0.05, 0) is 28.6 Å². The van der Waals surface area contributed by atoms with Gasteiger partial charge in [-0.1, -0.05) is 11.8 Å². The Labute approximate surface area is 65.9 Å². The van der Waals surface area contributed by atoms with Crippen molar-refractivity contribution in [3.8, 4) is 0 Å². The smallest absolute Gasteiger partial charge is 0.259 e. The van der Waals surface area contributed by atoms with E-state index < -0.39 is 0 Å². The molecule has 1 atom stereocenters. The van der Waals surface area contributed by atoms with Gasteiger partial charge in [0.2, 0.25) is 0 Å². The summed E-state index contributed by atoms with van der Waals surface area (Å²) in [5, 5.41) is 0.734. The molecule has 0 aromatic rings. The van der Waals surface area contributed by atoms with Crippen LogP contribution in [0.3, 0.4) is 0 Å². The Hall–Kier alpha value is 0.330. The van der Waals surface area contributed by atoms with Gasteiger partial charge in [-0.2, -0.15) is 4.99 Å². The summed E-state index contributed by atoms with van der Waals surface area (Å²) in [5.41, 5.74) is 0. The zero-order valence-electron chi connectivity index (χ0n) is 4.63. The molecule has 0 aromatic carbocycles. The third-order valence-corrected chi connectivity index (χ3v) is 3.00. The van der Waals surface area contributed by atoms with Gasteiger partial charge in [0.1, 0.15) is 5.04 Å². The van der Waals surface area contributed by atoms with E-state index in [1.54, 1.807) is 0 Å². The Balaban J connectivity index is 2.68. The lowest BCUT2D eigenvalue weighted by atomic mass is 10.5. The van der Waals surface area contributed by atoms with Gasteiger partial charge in [0, 0.05) is 0 Å². The van der Waals surface area contributed by atoms with E-state index in [0.717, 1.165) is 11.0 Å². The molecule has 0 saturated carbocycles. The standard InChI is InChI=1S/C4H4ClNOS2/c1-2-3(9-5)6-4(7)8-2/h2H,1H3. The van der Waals surface area contributed by atoms with Crippen LogP contribution in [0.4, 0.5) is 4.79 Å². The summed E-state index contributed by atoms with van der Waals surface area (Å²) in [6, 6.07) is 0. The number of halogens is 1. The van der Waals surface area contributed by atoms with Gasteiger partial charge in [0.25, 0.3) is 0 Å². The Morgan fingerprint density at radius 1 is 1.89 bits per heavy atom. The third-order valence-electron chi connectivity index (χ3n) is 0.906. The molecule has 0 N–H and O–H groups in total. The molecule has 0 aliphatic carbocycles. The quantitative estimate of drug-likeness (QED) is 0.575. The number of nitrogens with zero attached hydrogens (tertiary/aromatic N) is 1. The molecule has 2 nitrogen and oxygen atoms in total. The first-order chi connectivity index (χ1) is 4.24. The van der Waals surface area contributed by atoms with Crippen molar-refractivity contribution in [3.05, 3.63) is 0 Å². The molecule has 0 bridgehead atoms. The van der Waals surface area contributed by atoms with Crippen LogP contribution < -0.4 is 0 Å². The van der Waals surface area contributed by atoms with Gasteiger partial charge in [0.15, 0.2) is 0 Å². The molecular weight excluding hydrogens is 178 g/mol. The maximum absolute atomic E-state index is 10.5. The summed E-state index contributed by atoms with van der Waals surface area (Å²) in [7, 11) is 6.41. The van der Waals surface area contributed by atoms with Crippen LogP contribution in [-0.4, -0.2) is 15.5 Å². The van der Waals surface area contributed by atoms with E-state index >= 15 is 0 Å². The summed E-state index contributed by atoms with van der Waals surface area (Å²) >= 11 is 1.21. The van der Waals surface area contributed by atoms with Crippen LogP contribution in [0.1, 0.15) is 6.92 Å². The van der Waals surface area contributed by atoms with Crippen molar-refractivity contribution >= 4 is 43.7 Å². The monoisotopic (exact) mass is 181 g/mol. The Bertz CT molecular complexity index is 170. The minimum atomic E-state index is -0.134. The molecule has 1 amide bonds. The largest absolute Gasteiger partial charge is 0.306 e. The van der Waals surface area contributed by atoms with Crippen LogP contribution in [-0.2, 0) is 0 Å². The number of carbonyl (C=O) groups is 1. The van der Waals surface area contributed by atoms with Crippen molar-refractivity contribution in [1.29, 1.82) is 0 Å². The lowest BCUT2D eigenvalue weighted by Crippen LogP contribution is -2.00. The number of carbonyl (C=O) groups excluding carboxylic acids is 1. The molecule has 5 heteroatoms. The zero-order valence-corrected chi connectivity index (χ0v) is 7.02. The average molecular weight is 182 g/mol. The molecule has 1 aliphatic rings. The van der Waals surface area contributed by atoms with Crippen molar-refractivity contribution < 1.29 is 4.79 Å². The number of thioether (sulfide) groups is 1. The maximum atomic E-state index is 10.5. The Kier molecular flexibility index (Phi) is 2.43. The number of rotatable bonds is 0. The number of aliphatic imine (C=N–C) groups is 1. The second-order valence-corrected chi connectivity index (χ2v) is 3.88. The fourth-order valence-corrected chi connectivity index (χ4v) is 2.35. The van der Waals surface area contributed by atoms with Gasteiger partial charge >= 0.3 is 5.24 Å². The van der Waals surface area contributed by atoms with Crippen molar-refractivity contribution in [2.75, 3.05) is 0 Å². The minimum Gasteiger partial charge on any atom is -0.259 e. The van der Waals surface area contributed by atoms with Gasteiger partial charge in [-0.25, -0.2) is 0 Å². The third kappa shape index (κ3) is 1.63. The second kappa shape index (κ2) is 2.94. The molecule has 1 heterocycles. The average Bonchev–Trinajstić information content (AvgIpc) is 2.10. The summed E-state index contributed by atoms with van der Waals surface area (Å²) in [4.78, 5) is 14.2. The molecule has 0 radical (unpaired) electrons. The predicted molar refractivity (Wildman–Crippen MR) is 43.3 cm³/mol. The van der Waals surface area contributed by atoms with E-state index in [1.165, 1.54) is 11.8 Å². The second-order valence-electron chi connectivity index (χ2n) is 1.55. The highest BCUT2D eigenvalue weighted by molar-refractivity contribution is 8.34. The molecule has 0 fully saturated rings. The predicted octanol–water partition coefficient (Wildman–Crippen LogP) is 2.53. The highest BCUT2D eigenvalue weighted by Crippen LogP contribution is 2.29. The Morgan fingerprint density at radius 3 is 2.78 bits per heavy atom. The van der Waals surface area contributed by atoms with Crippen molar-refractivity contribution in [1.82, 2.24) is 0 Å². The van der Waals surface area contributed by atoms with Crippen LogP contribution >= 0.6 is 33.4 Å². The summed E-state index contributed by atoms with van der Waals surface area (Å²) in [6.45, 7) is 1.91. The number of hydrogen-bond donors (Lipinski definition) is 0. The highest BCUT2D eigenvalue weighted by atomic mass is 35.7. The lowest BCUT2D eigenvalue weighted by molar-refractivity contribution is 0.268. The fraction of sp³-hybridized carbons (Fsp3) is 0.500. The zero-order chi connectivity index (χ0) is 6.85. The van der Waals surface area contributed by atoms with Gasteiger partial charge in [-0.3, -0.25) is 4.79 Å². The molecule has 0 aromatic heterocycles. The fourth-order valence-electron chi connectivity index (χ4n) is 0.489. The Morgan fingerprint density at radius 2 is 2.56 bits per heavy atom. The van der Waals surface area contributed by atoms with Gasteiger partial charge in [-0.15, -0.1) is 0 Å². The molecule has 9 heavy (non-hydrogen) atoms. The highest BCUT2D eigenvalue weighted by Gasteiger charge is 2.23. The van der Waals surface area contributed by atoms with E-state index in [4.69, 9.17) is 10.7 Å². The van der Waals surface area contributed by atoms with Crippen molar-refractivity contribution in [3.63, 3.8) is 0 Å². The maximum Gasteiger partial charge on any atom is 0.306 e. The number of amides is 1. The molecular formula is C4H4ClNOS2. The molecule has 0 saturated heterocycles. The molecule has 1 unspecified atom stereocenters. The first-order valence-electron chi connectivity index (χ1n) is 2.32. The van der Waals surface area contributed by atoms with E-state index in [9.17, 15) is 4.79 Å². The first kappa shape index (κ1) is 7.44. The van der Waals surface area contributed by atoms with Crippen LogP contribution in [0.25, 0.3) is 0 Å². The van der Waals surface area contributed by atoms with Crippen LogP contribution in [0.5, 0.6) is 0 Å². The van der Waals surface area contributed by atoms with Crippen LogP contribution in [0.2, 0.25) is 0 Å². The summed E-state index contributed by atoms with van der Waals surface area (Å²) in [5.74, 6) is 0. The normalized spacial score (nSPS) is 26.7. The lowest BCUT2D eigenvalue weighted by Gasteiger charge is -1.95.